The molecule has 0 aromatic carbocycles. The van der Waals surface area contributed by atoms with Gasteiger partial charge in [0.05, 0.1) is 6.61 Å². The predicted octanol–water partition coefficient (Wildman–Crippen LogP) is 4.26. The van der Waals surface area contributed by atoms with Gasteiger partial charge in [0.15, 0.2) is 0 Å². The minimum absolute atomic E-state index is 0.106. The van der Waals surface area contributed by atoms with E-state index in [4.69, 9.17) is 4.74 Å². The van der Waals surface area contributed by atoms with E-state index in [9.17, 15) is 4.79 Å². The summed E-state index contributed by atoms with van der Waals surface area (Å²) in [6, 6.07) is 0. The zero-order valence-electron chi connectivity index (χ0n) is 14.7. The van der Waals surface area contributed by atoms with Crippen molar-refractivity contribution in [2.45, 2.75) is 72.3 Å². The van der Waals surface area contributed by atoms with Crippen LogP contribution in [-0.2, 0) is 9.53 Å². The Kier molecular flexibility index (Phi) is 12.2. The molecule has 0 bridgehead atoms. The molecule has 0 spiro atoms. The lowest BCUT2D eigenvalue weighted by Gasteiger charge is -2.28. The number of hydrogen-bond acceptors (Lipinski definition) is 4. The Morgan fingerprint density at radius 1 is 1.29 bits per heavy atom. The van der Waals surface area contributed by atoms with E-state index in [0.29, 0.717) is 6.61 Å². The number of carbonyl (C=O) groups excluding carboxylic acids is 1. The maximum Gasteiger partial charge on any atom is 0.326 e. The average molecular weight is 318 g/mol. The van der Waals surface area contributed by atoms with Crippen LogP contribution in [0.3, 0.4) is 0 Å². The van der Waals surface area contributed by atoms with E-state index in [-0.39, 0.29) is 5.97 Å². The summed E-state index contributed by atoms with van der Waals surface area (Å²) in [6.45, 7) is 11.8. The largest absolute Gasteiger partial charge is 0.465 e. The SMILES string of the molecule is CCCNC(C)(CCCCSCC(C)CC)C(=O)OCC. The van der Waals surface area contributed by atoms with Gasteiger partial charge in [0.1, 0.15) is 5.54 Å². The lowest BCUT2D eigenvalue weighted by Crippen LogP contribution is -2.50. The number of carbonyl (C=O) groups is 1. The number of ether oxygens (including phenoxy) is 1. The highest BCUT2D eigenvalue weighted by Crippen LogP contribution is 2.19. The van der Waals surface area contributed by atoms with Gasteiger partial charge in [-0.2, -0.15) is 11.8 Å². The van der Waals surface area contributed by atoms with Gasteiger partial charge in [0.25, 0.3) is 0 Å². The Balaban J connectivity index is 4.03. The topological polar surface area (TPSA) is 38.3 Å². The number of hydrogen-bond donors (Lipinski definition) is 1. The Labute approximate surface area is 136 Å². The van der Waals surface area contributed by atoms with Crippen molar-refractivity contribution < 1.29 is 9.53 Å². The van der Waals surface area contributed by atoms with Crippen LogP contribution in [0.5, 0.6) is 0 Å². The number of esters is 1. The molecule has 0 aliphatic heterocycles. The fourth-order valence-corrected chi connectivity index (χ4v) is 3.25. The van der Waals surface area contributed by atoms with Crippen LogP contribution in [0.15, 0.2) is 0 Å². The fraction of sp³-hybridized carbons (Fsp3) is 0.941. The molecule has 0 radical (unpaired) electrons. The van der Waals surface area contributed by atoms with E-state index >= 15 is 0 Å². The van der Waals surface area contributed by atoms with Gasteiger partial charge in [-0.05, 0) is 57.1 Å². The van der Waals surface area contributed by atoms with E-state index in [0.717, 1.165) is 31.7 Å². The highest BCUT2D eigenvalue weighted by Gasteiger charge is 2.33. The molecular formula is C17H35NO2S. The molecule has 0 aliphatic rings. The molecule has 0 aromatic rings. The molecule has 2 unspecified atom stereocenters. The first kappa shape index (κ1) is 20.8. The second kappa shape index (κ2) is 12.3. The van der Waals surface area contributed by atoms with Crippen LogP contribution in [0.25, 0.3) is 0 Å². The van der Waals surface area contributed by atoms with E-state index in [1.807, 2.05) is 25.6 Å². The highest BCUT2D eigenvalue weighted by atomic mass is 32.2. The van der Waals surface area contributed by atoms with Crippen molar-refractivity contribution in [2.24, 2.45) is 5.92 Å². The van der Waals surface area contributed by atoms with Crippen LogP contribution in [0.1, 0.15) is 66.7 Å². The van der Waals surface area contributed by atoms with Crippen LogP contribution in [0.4, 0.5) is 0 Å². The third kappa shape index (κ3) is 9.41. The first-order valence-electron chi connectivity index (χ1n) is 8.50. The third-order valence-corrected chi connectivity index (χ3v) is 5.19. The summed E-state index contributed by atoms with van der Waals surface area (Å²) in [6.07, 6.45) is 5.38. The second-order valence-electron chi connectivity index (χ2n) is 6.02. The lowest BCUT2D eigenvalue weighted by atomic mass is 9.95. The van der Waals surface area contributed by atoms with Crippen LogP contribution in [-0.4, -0.2) is 36.2 Å². The smallest absolute Gasteiger partial charge is 0.326 e. The fourth-order valence-electron chi connectivity index (χ4n) is 2.04. The zero-order chi connectivity index (χ0) is 16.1. The Morgan fingerprint density at radius 2 is 2.00 bits per heavy atom. The van der Waals surface area contributed by atoms with Gasteiger partial charge < -0.3 is 10.1 Å². The van der Waals surface area contributed by atoms with Crippen molar-refractivity contribution in [1.82, 2.24) is 5.32 Å². The van der Waals surface area contributed by atoms with Crippen molar-refractivity contribution in [3.8, 4) is 0 Å². The monoisotopic (exact) mass is 317 g/mol. The molecule has 3 nitrogen and oxygen atoms in total. The summed E-state index contributed by atoms with van der Waals surface area (Å²) in [5.41, 5.74) is -0.520. The number of thioether (sulfide) groups is 1. The van der Waals surface area contributed by atoms with E-state index in [1.54, 1.807) is 0 Å². The molecule has 0 saturated carbocycles. The molecule has 0 aromatic heterocycles. The third-order valence-electron chi connectivity index (χ3n) is 3.81. The number of nitrogens with one attached hydrogen (secondary N) is 1. The van der Waals surface area contributed by atoms with Gasteiger partial charge in [-0.25, -0.2) is 0 Å². The standard InChI is InChI=1S/C17H35NO2S/c1-6-12-18-17(5,16(19)20-8-3)11-9-10-13-21-14-15(4)7-2/h15,18H,6-14H2,1-5H3. The normalized spacial score (nSPS) is 15.5. The summed E-state index contributed by atoms with van der Waals surface area (Å²) in [5.74, 6) is 3.15. The van der Waals surface area contributed by atoms with Gasteiger partial charge >= 0.3 is 5.97 Å². The predicted molar refractivity (Wildman–Crippen MR) is 94.0 cm³/mol. The van der Waals surface area contributed by atoms with Crippen LogP contribution >= 0.6 is 11.8 Å². The summed E-state index contributed by atoms with van der Waals surface area (Å²) in [5, 5.41) is 3.37. The summed E-state index contributed by atoms with van der Waals surface area (Å²) >= 11 is 2.04. The van der Waals surface area contributed by atoms with Crippen molar-refractivity contribution in [1.29, 1.82) is 0 Å². The number of unbranched alkanes of at least 4 members (excludes halogenated alkanes) is 1. The minimum Gasteiger partial charge on any atom is -0.465 e. The molecule has 4 heteroatoms. The molecule has 0 amide bonds. The van der Waals surface area contributed by atoms with Gasteiger partial charge in [0, 0.05) is 0 Å². The molecule has 0 heterocycles. The molecule has 126 valence electrons. The van der Waals surface area contributed by atoms with E-state index < -0.39 is 5.54 Å². The molecule has 2 atom stereocenters. The van der Waals surface area contributed by atoms with E-state index in [2.05, 4.69) is 26.1 Å². The zero-order valence-corrected chi connectivity index (χ0v) is 15.5. The van der Waals surface area contributed by atoms with Crippen LogP contribution in [0.2, 0.25) is 0 Å². The van der Waals surface area contributed by atoms with Crippen molar-refractivity contribution in [3.05, 3.63) is 0 Å². The summed E-state index contributed by atoms with van der Waals surface area (Å²) in [7, 11) is 0. The number of rotatable bonds is 13. The Bertz CT molecular complexity index is 274. The first-order chi connectivity index (χ1) is 10.00. The molecule has 0 saturated heterocycles. The molecule has 0 aliphatic carbocycles. The van der Waals surface area contributed by atoms with Crippen molar-refractivity contribution in [3.63, 3.8) is 0 Å². The molecular weight excluding hydrogens is 282 g/mol. The van der Waals surface area contributed by atoms with Gasteiger partial charge in [-0.3, -0.25) is 4.79 Å². The van der Waals surface area contributed by atoms with Gasteiger partial charge in [-0.15, -0.1) is 0 Å². The second-order valence-corrected chi connectivity index (χ2v) is 7.17. The molecule has 0 rings (SSSR count). The summed E-state index contributed by atoms with van der Waals surface area (Å²) in [4.78, 5) is 12.1. The van der Waals surface area contributed by atoms with E-state index in [1.165, 1.54) is 24.3 Å². The average Bonchev–Trinajstić information content (AvgIpc) is 2.48. The van der Waals surface area contributed by atoms with Crippen LogP contribution < -0.4 is 5.32 Å². The van der Waals surface area contributed by atoms with Crippen molar-refractivity contribution in [2.75, 3.05) is 24.7 Å². The highest BCUT2D eigenvalue weighted by molar-refractivity contribution is 7.99. The Hall–Kier alpha value is -0.220. The van der Waals surface area contributed by atoms with Crippen molar-refractivity contribution >= 4 is 17.7 Å². The molecule has 0 fully saturated rings. The molecule has 1 N–H and O–H groups in total. The van der Waals surface area contributed by atoms with Gasteiger partial charge in [0.2, 0.25) is 0 Å². The molecule has 21 heavy (non-hydrogen) atoms. The maximum atomic E-state index is 12.1. The quantitative estimate of drug-likeness (QED) is 0.407. The Morgan fingerprint density at radius 3 is 2.57 bits per heavy atom. The van der Waals surface area contributed by atoms with Gasteiger partial charge in [-0.1, -0.05) is 33.6 Å². The lowest BCUT2D eigenvalue weighted by molar-refractivity contribution is -0.150. The first-order valence-corrected chi connectivity index (χ1v) is 9.65. The van der Waals surface area contributed by atoms with Crippen LogP contribution in [0, 0.1) is 5.92 Å². The summed E-state index contributed by atoms with van der Waals surface area (Å²) < 4.78 is 5.22. The minimum atomic E-state index is -0.520. The maximum absolute atomic E-state index is 12.1.